The lowest BCUT2D eigenvalue weighted by atomic mass is 9.82. The van der Waals surface area contributed by atoms with Crippen LogP contribution in [0, 0.1) is 0 Å². The van der Waals surface area contributed by atoms with Crippen LogP contribution in [0.1, 0.15) is 80.1 Å². The second-order valence-electron chi connectivity index (χ2n) is 5.79. The Labute approximate surface area is 120 Å². The van der Waals surface area contributed by atoms with Crippen LogP contribution in [0.15, 0.2) is 12.1 Å². The minimum Gasteiger partial charge on any atom is -0.508 e. The molecule has 0 aromatic heterocycles. The molecule has 3 heteroatoms. The monoisotopic (exact) mass is 276 g/mol. The Hall–Kier alpha value is -1.51. The third kappa shape index (κ3) is 3.33. The number of phenolic OH excluding ortho intramolecular Hbond substituents is 2. The first kappa shape index (κ1) is 14.9. The number of carbonyl (C=O) groups excluding carboxylic acids is 1. The molecule has 0 aliphatic heterocycles. The van der Waals surface area contributed by atoms with Gasteiger partial charge in [0.25, 0.3) is 0 Å². The number of carbonyl (C=O) groups is 1. The van der Waals surface area contributed by atoms with Gasteiger partial charge in [-0.2, -0.15) is 0 Å². The van der Waals surface area contributed by atoms with E-state index in [1.165, 1.54) is 25.3 Å². The highest BCUT2D eigenvalue weighted by molar-refractivity contribution is 5.99. The van der Waals surface area contributed by atoms with Crippen molar-refractivity contribution in [3.05, 3.63) is 23.3 Å². The maximum absolute atomic E-state index is 12.1. The van der Waals surface area contributed by atoms with E-state index < -0.39 is 0 Å². The van der Waals surface area contributed by atoms with Crippen molar-refractivity contribution in [1.82, 2.24) is 0 Å². The number of hydrogen-bond acceptors (Lipinski definition) is 3. The SMILES string of the molecule is CCCCC(=O)c1cc(C2CCCCC2)c(O)cc1O. The van der Waals surface area contributed by atoms with Gasteiger partial charge in [0, 0.05) is 12.5 Å². The lowest BCUT2D eigenvalue weighted by molar-refractivity contribution is 0.0977. The van der Waals surface area contributed by atoms with Crippen molar-refractivity contribution in [2.24, 2.45) is 0 Å². The second kappa shape index (κ2) is 6.78. The summed E-state index contributed by atoms with van der Waals surface area (Å²) in [5, 5.41) is 20.0. The molecule has 2 N–H and O–H groups in total. The lowest BCUT2D eigenvalue weighted by Gasteiger charge is -2.23. The smallest absolute Gasteiger partial charge is 0.166 e. The van der Waals surface area contributed by atoms with Crippen molar-refractivity contribution < 1.29 is 15.0 Å². The minimum atomic E-state index is -0.0943. The molecule has 0 radical (unpaired) electrons. The molecule has 3 nitrogen and oxygen atoms in total. The Morgan fingerprint density at radius 3 is 2.50 bits per heavy atom. The van der Waals surface area contributed by atoms with E-state index in [1.54, 1.807) is 6.07 Å². The van der Waals surface area contributed by atoms with E-state index in [-0.39, 0.29) is 17.3 Å². The Morgan fingerprint density at radius 2 is 1.85 bits per heavy atom. The summed E-state index contributed by atoms with van der Waals surface area (Å²) in [5.41, 5.74) is 1.21. The van der Waals surface area contributed by atoms with Gasteiger partial charge < -0.3 is 10.2 Å². The number of aromatic hydroxyl groups is 2. The van der Waals surface area contributed by atoms with Gasteiger partial charge in [-0.25, -0.2) is 0 Å². The van der Waals surface area contributed by atoms with Crippen LogP contribution in [-0.2, 0) is 0 Å². The molecule has 20 heavy (non-hydrogen) atoms. The van der Waals surface area contributed by atoms with E-state index in [0.717, 1.165) is 31.2 Å². The largest absolute Gasteiger partial charge is 0.508 e. The van der Waals surface area contributed by atoms with Crippen LogP contribution >= 0.6 is 0 Å². The highest BCUT2D eigenvalue weighted by Gasteiger charge is 2.22. The van der Waals surface area contributed by atoms with Gasteiger partial charge in [-0.05, 0) is 36.8 Å². The number of unbranched alkanes of at least 4 members (excludes halogenated alkanes) is 1. The first-order valence-electron chi connectivity index (χ1n) is 7.72. The summed E-state index contributed by atoms with van der Waals surface area (Å²) >= 11 is 0. The molecular weight excluding hydrogens is 252 g/mol. The molecule has 2 rings (SSSR count). The second-order valence-corrected chi connectivity index (χ2v) is 5.79. The van der Waals surface area contributed by atoms with Gasteiger partial charge in [-0.3, -0.25) is 4.79 Å². The normalized spacial score (nSPS) is 16.2. The predicted molar refractivity (Wildman–Crippen MR) is 79.5 cm³/mol. The molecule has 1 aromatic rings. The van der Waals surface area contributed by atoms with E-state index in [4.69, 9.17) is 0 Å². The van der Waals surface area contributed by atoms with Crippen molar-refractivity contribution in [2.75, 3.05) is 0 Å². The molecule has 1 aromatic carbocycles. The fraction of sp³-hybridized carbons (Fsp3) is 0.588. The third-order valence-electron chi connectivity index (χ3n) is 4.25. The Morgan fingerprint density at radius 1 is 1.15 bits per heavy atom. The fourth-order valence-electron chi connectivity index (χ4n) is 3.03. The molecule has 0 atom stereocenters. The van der Waals surface area contributed by atoms with Gasteiger partial charge in [0.05, 0.1) is 5.56 Å². The maximum Gasteiger partial charge on any atom is 0.166 e. The molecule has 0 saturated heterocycles. The van der Waals surface area contributed by atoms with Crippen LogP contribution in [0.5, 0.6) is 11.5 Å². The lowest BCUT2D eigenvalue weighted by Crippen LogP contribution is -2.07. The molecule has 1 aliphatic rings. The quantitative estimate of drug-likeness (QED) is 0.777. The molecule has 1 saturated carbocycles. The first-order valence-corrected chi connectivity index (χ1v) is 7.72. The number of hydrogen-bond donors (Lipinski definition) is 2. The molecule has 0 amide bonds. The zero-order valence-electron chi connectivity index (χ0n) is 12.2. The van der Waals surface area contributed by atoms with Crippen molar-refractivity contribution in [3.8, 4) is 11.5 Å². The Kier molecular flexibility index (Phi) is 5.05. The topological polar surface area (TPSA) is 57.5 Å². The van der Waals surface area contributed by atoms with Crippen LogP contribution in [0.3, 0.4) is 0 Å². The fourth-order valence-corrected chi connectivity index (χ4v) is 3.03. The molecule has 0 unspecified atom stereocenters. The summed E-state index contributed by atoms with van der Waals surface area (Å²) in [5.74, 6) is 0.327. The highest BCUT2D eigenvalue weighted by atomic mass is 16.3. The van der Waals surface area contributed by atoms with Crippen molar-refractivity contribution in [2.45, 2.75) is 64.2 Å². The van der Waals surface area contributed by atoms with Crippen molar-refractivity contribution in [1.29, 1.82) is 0 Å². The predicted octanol–water partition coefficient (Wildman–Crippen LogP) is 4.52. The third-order valence-corrected chi connectivity index (χ3v) is 4.25. The average Bonchev–Trinajstić information content (AvgIpc) is 2.46. The summed E-state index contributed by atoms with van der Waals surface area (Å²) in [7, 11) is 0. The zero-order chi connectivity index (χ0) is 14.5. The summed E-state index contributed by atoms with van der Waals surface area (Å²) in [6, 6.07) is 3.06. The van der Waals surface area contributed by atoms with Crippen LogP contribution in [-0.4, -0.2) is 16.0 Å². The maximum atomic E-state index is 12.1. The molecule has 110 valence electrons. The van der Waals surface area contributed by atoms with E-state index in [9.17, 15) is 15.0 Å². The number of phenols is 2. The van der Waals surface area contributed by atoms with Crippen LogP contribution in [0.2, 0.25) is 0 Å². The summed E-state index contributed by atoms with van der Waals surface area (Å²) in [6.07, 6.45) is 7.95. The molecule has 0 heterocycles. The molecular formula is C17H24O3. The molecule has 1 aliphatic carbocycles. The molecule has 0 spiro atoms. The standard InChI is InChI=1S/C17H24O3/c1-2-3-9-15(18)14-10-13(16(19)11-17(14)20)12-7-5-4-6-8-12/h10-12,19-20H,2-9H2,1H3. The minimum absolute atomic E-state index is 0.0265. The van der Waals surface area contributed by atoms with Gasteiger partial charge in [-0.1, -0.05) is 32.6 Å². The summed E-state index contributed by atoms with van der Waals surface area (Å²) < 4.78 is 0. The van der Waals surface area contributed by atoms with Gasteiger partial charge in [0.1, 0.15) is 11.5 Å². The summed E-state index contributed by atoms with van der Waals surface area (Å²) in [6.45, 7) is 2.04. The Balaban J connectivity index is 2.26. The zero-order valence-corrected chi connectivity index (χ0v) is 12.2. The van der Waals surface area contributed by atoms with Gasteiger partial charge >= 0.3 is 0 Å². The van der Waals surface area contributed by atoms with E-state index in [0.29, 0.717) is 17.9 Å². The molecule has 1 fully saturated rings. The highest BCUT2D eigenvalue weighted by Crippen LogP contribution is 2.40. The van der Waals surface area contributed by atoms with E-state index in [1.807, 2.05) is 6.92 Å². The van der Waals surface area contributed by atoms with E-state index in [2.05, 4.69) is 0 Å². The average molecular weight is 276 g/mol. The number of ketones is 1. The van der Waals surface area contributed by atoms with E-state index >= 15 is 0 Å². The van der Waals surface area contributed by atoms with Crippen LogP contribution in [0.25, 0.3) is 0 Å². The van der Waals surface area contributed by atoms with Crippen molar-refractivity contribution in [3.63, 3.8) is 0 Å². The van der Waals surface area contributed by atoms with Gasteiger partial charge in [0.2, 0.25) is 0 Å². The van der Waals surface area contributed by atoms with Gasteiger partial charge in [-0.15, -0.1) is 0 Å². The van der Waals surface area contributed by atoms with Gasteiger partial charge in [0.15, 0.2) is 5.78 Å². The number of rotatable bonds is 5. The first-order chi connectivity index (χ1) is 9.63. The summed E-state index contributed by atoms with van der Waals surface area (Å²) in [4.78, 5) is 12.1. The van der Waals surface area contributed by atoms with Crippen molar-refractivity contribution >= 4 is 5.78 Å². The van der Waals surface area contributed by atoms with Crippen LogP contribution in [0.4, 0.5) is 0 Å². The Bertz CT molecular complexity index is 473. The van der Waals surface area contributed by atoms with Crippen LogP contribution < -0.4 is 0 Å². The number of benzene rings is 1. The molecule has 0 bridgehead atoms. The number of Topliss-reactive ketones (excluding diaryl/α,β-unsaturated/α-hetero) is 1.